The van der Waals surface area contributed by atoms with Gasteiger partial charge in [0, 0.05) is 20.2 Å². The van der Waals surface area contributed by atoms with Crippen LogP contribution in [0.25, 0.3) is 0 Å². The molecule has 0 saturated carbocycles. The largest absolute Gasteiger partial charge is 0.491 e. The Morgan fingerprint density at radius 3 is 1.59 bits per heavy atom. The van der Waals surface area contributed by atoms with E-state index in [0.29, 0.717) is 31.8 Å². The number of hydrogen-bond acceptors (Lipinski definition) is 9. The fraction of sp³-hybridized carbons (Fsp3) is 0.576. The maximum absolute atomic E-state index is 12.6. The van der Waals surface area contributed by atoms with E-state index < -0.39 is 47.7 Å². The first kappa shape index (κ1) is 36.8. The zero-order valence-electron chi connectivity index (χ0n) is 27.1. The zero-order chi connectivity index (χ0) is 32.8. The minimum absolute atomic E-state index is 0.0558. The van der Waals surface area contributed by atoms with E-state index in [2.05, 4.69) is 16.0 Å². The van der Waals surface area contributed by atoms with E-state index in [1.807, 2.05) is 54.6 Å². The third kappa shape index (κ3) is 15.4. The van der Waals surface area contributed by atoms with Crippen LogP contribution in [0.15, 0.2) is 54.6 Å². The van der Waals surface area contributed by atoms with Gasteiger partial charge in [-0.05, 0) is 77.6 Å². The molecular weight excluding hydrogens is 566 g/mol. The van der Waals surface area contributed by atoms with Crippen LogP contribution < -0.4 is 20.7 Å². The Kier molecular flexibility index (Phi) is 14.9. The second-order valence-corrected chi connectivity index (χ2v) is 12.7. The van der Waals surface area contributed by atoms with Crippen molar-refractivity contribution in [3.8, 4) is 5.75 Å². The van der Waals surface area contributed by atoms with Gasteiger partial charge < -0.3 is 45.1 Å². The number of amides is 2. The van der Waals surface area contributed by atoms with E-state index >= 15 is 0 Å². The van der Waals surface area contributed by atoms with Crippen LogP contribution in [0.1, 0.15) is 52.7 Å². The summed E-state index contributed by atoms with van der Waals surface area (Å²) in [6.07, 6.45) is -2.62. The van der Waals surface area contributed by atoms with E-state index in [9.17, 15) is 19.8 Å². The van der Waals surface area contributed by atoms with Crippen LogP contribution in [0.4, 0.5) is 9.59 Å². The number of alkyl carbamates (subject to hydrolysis) is 2. The van der Waals surface area contributed by atoms with Crippen LogP contribution in [0, 0.1) is 0 Å². The van der Waals surface area contributed by atoms with Gasteiger partial charge in [0.2, 0.25) is 0 Å². The van der Waals surface area contributed by atoms with Crippen LogP contribution in [0.2, 0.25) is 0 Å². The van der Waals surface area contributed by atoms with Crippen molar-refractivity contribution < 1.29 is 38.7 Å². The Morgan fingerprint density at radius 2 is 1.16 bits per heavy atom. The number of carbonyl (C=O) groups is 2. The zero-order valence-corrected chi connectivity index (χ0v) is 27.1. The molecule has 2 amide bonds. The highest BCUT2D eigenvalue weighted by Gasteiger charge is 2.27. The van der Waals surface area contributed by atoms with E-state index in [-0.39, 0.29) is 13.1 Å². The lowest BCUT2D eigenvalue weighted by molar-refractivity contribution is 0.0399. The summed E-state index contributed by atoms with van der Waals surface area (Å²) in [5.41, 5.74) is 0.401. The Labute approximate surface area is 261 Å². The van der Waals surface area contributed by atoms with Crippen LogP contribution in [-0.4, -0.2) is 91.3 Å². The minimum atomic E-state index is -1.03. The number of aliphatic hydroxyl groups is 2. The highest BCUT2D eigenvalue weighted by molar-refractivity contribution is 5.68. The van der Waals surface area contributed by atoms with Crippen molar-refractivity contribution in [1.82, 2.24) is 16.0 Å². The number of nitrogens with one attached hydrogen (secondary N) is 3. The standard InChI is InChI=1S/C33H51N3O8/c1-32(2,3)43-30(39)35-26(19-23-11-9-8-10-12-23)28(37)21-34-22-29(38)27(36-31(40)44-33(4,5)6)20-24-13-15-25(16-14-24)42-18-17-41-7/h8-16,26-29,34,37-38H,17-22H2,1-7H3,(H,35,39)(H,36,40)/t26-,27+,28-,29?/m0/s1. The monoisotopic (exact) mass is 617 g/mol. The quantitative estimate of drug-likeness (QED) is 0.178. The van der Waals surface area contributed by atoms with Crippen molar-refractivity contribution in [3.05, 3.63) is 65.7 Å². The summed E-state index contributed by atoms with van der Waals surface area (Å²) in [6.45, 7) is 11.6. The number of rotatable bonds is 16. The topological polar surface area (TPSA) is 148 Å². The third-order valence-electron chi connectivity index (χ3n) is 6.27. The Balaban J connectivity index is 2.06. The van der Waals surface area contributed by atoms with Crippen molar-refractivity contribution in [2.75, 3.05) is 33.4 Å². The lowest BCUT2D eigenvalue weighted by Gasteiger charge is -2.29. The molecule has 44 heavy (non-hydrogen) atoms. The van der Waals surface area contributed by atoms with E-state index in [0.717, 1.165) is 11.1 Å². The molecule has 2 aromatic carbocycles. The molecule has 0 aromatic heterocycles. The summed E-state index contributed by atoms with van der Waals surface area (Å²) in [6, 6.07) is 15.5. The van der Waals surface area contributed by atoms with Gasteiger partial charge >= 0.3 is 12.2 Å². The van der Waals surface area contributed by atoms with Crippen LogP contribution in [0.5, 0.6) is 5.75 Å². The molecule has 11 heteroatoms. The van der Waals surface area contributed by atoms with Crippen molar-refractivity contribution >= 4 is 12.2 Å². The Morgan fingerprint density at radius 1 is 0.705 bits per heavy atom. The first-order chi connectivity index (χ1) is 20.6. The van der Waals surface area contributed by atoms with Gasteiger partial charge in [0.1, 0.15) is 23.6 Å². The lowest BCUT2D eigenvalue weighted by Crippen LogP contribution is -2.53. The third-order valence-corrected chi connectivity index (χ3v) is 6.27. The molecule has 0 fully saturated rings. The number of hydrogen-bond donors (Lipinski definition) is 5. The molecule has 0 saturated heterocycles. The molecule has 1 unspecified atom stereocenters. The Hall–Kier alpha value is -3.38. The summed E-state index contributed by atoms with van der Waals surface area (Å²) in [4.78, 5) is 25.1. The molecule has 11 nitrogen and oxygen atoms in total. The summed E-state index contributed by atoms with van der Waals surface area (Å²) < 4.78 is 21.5. The van der Waals surface area contributed by atoms with Crippen molar-refractivity contribution in [3.63, 3.8) is 0 Å². The molecular formula is C33H51N3O8. The van der Waals surface area contributed by atoms with Crippen molar-refractivity contribution in [2.45, 2.75) is 89.9 Å². The van der Waals surface area contributed by atoms with Gasteiger partial charge in [-0.3, -0.25) is 0 Å². The predicted octanol–water partition coefficient (Wildman–Crippen LogP) is 3.60. The molecule has 5 N–H and O–H groups in total. The molecule has 2 aromatic rings. The molecule has 0 radical (unpaired) electrons. The molecule has 0 aliphatic carbocycles. The molecule has 0 aliphatic rings. The first-order valence-electron chi connectivity index (χ1n) is 15.0. The summed E-state index contributed by atoms with van der Waals surface area (Å²) >= 11 is 0. The number of carbonyl (C=O) groups excluding carboxylic acids is 2. The molecule has 0 aliphatic heterocycles. The Bertz CT molecular complexity index is 1120. The van der Waals surface area contributed by atoms with E-state index in [1.54, 1.807) is 48.7 Å². The highest BCUT2D eigenvalue weighted by atomic mass is 16.6. The maximum Gasteiger partial charge on any atom is 0.407 e. The summed E-state index contributed by atoms with van der Waals surface area (Å²) in [7, 11) is 1.61. The van der Waals surface area contributed by atoms with Gasteiger partial charge in [-0.1, -0.05) is 42.5 Å². The van der Waals surface area contributed by atoms with E-state index in [1.165, 1.54) is 0 Å². The molecule has 4 atom stereocenters. The number of methoxy groups -OCH3 is 1. The lowest BCUT2D eigenvalue weighted by atomic mass is 10.00. The molecule has 2 rings (SSSR count). The van der Waals surface area contributed by atoms with Crippen molar-refractivity contribution in [1.29, 1.82) is 0 Å². The average Bonchev–Trinajstić information content (AvgIpc) is 2.91. The van der Waals surface area contributed by atoms with E-state index in [4.69, 9.17) is 18.9 Å². The number of benzene rings is 2. The fourth-order valence-electron chi connectivity index (χ4n) is 4.23. The average molecular weight is 618 g/mol. The van der Waals surface area contributed by atoms with Gasteiger partial charge in [-0.2, -0.15) is 0 Å². The normalized spacial score (nSPS) is 14.6. The van der Waals surface area contributed by atoms with Crippen LogP contribution >= 0.6 is 0 Å². The predicted molar refractivity (Wildman–Crippen MR) is 169 cm³/mol. The van der Waals surface area contributed by atoms with Crippen LogP contribution in [-0.2, 0) is 27.1 Å². The minimum Gasteiger partial charge on any atom is -0.491 e. The van der Waals surface area contributed by atoms with Crippen LogP contribution in [0.3, 0.4) is 0 Å². The van der Waals surface area contributed by atoms with Gasteiger partial charge in [-0.25, -0.2) is 9.59 Å². The molecule has 0 spiro atoms. The highest BCUT2D eigenvalue weighted by Crippen LogP contribution is 2.16. The summed E-state index contributed by atoms with van der Waals surface area (Å²) in [5, 5.41) is 30.8. The second kappa shape index (κ2) is 17.8. The fourth-order valence-corrected chi connectivity index (χ4v) is 4.23. The molecule has 0 heterocycles. The summed E-state index contributed by atoms with van der Waals surface area (Å²) in [5.74, 6) is 0.684. The van der Waals surface area contributed by atoms with Gasteiger partial charge in [-0.15, -0.1) is 0 Å². The van der Waals surface area contributed by atoms with Gasteiger partial charge in [0.05, 0.1) is 30.9 Å². The SMILES string of the molecule is COCCOc1ccc(C[C@@H](NC(=O)OC(C)(C)C)C(O)CNC[C@H](O)[C@H](Cc2ccccc2)NC(=O)OC(C)(C)C)cc1. The van der Waals surface area contributed by atoms with Gasteiger partial charge in [0.25, 0.3) is 0 Å². The number of ether oxygens (including phenoxy) is 4. The van der Waals surface area contributed by atoms with Gasteiger partial charge in [0.15, 0.2) is 0 Å². The number of aliphatic hydroxyl groups excluding tert-OH is 2. The molecule has 0 bridgehead atoms. The molecule has 246 valence electrons. The first-order valence-corrected chi connectivity index (χ1v) is 15.0. The maximum atomic E-state index is 12.6. The smallest absolute Gasteiger partial charge is 0.407 e. The van der Waals surface area contributed by atoms with Crippen molar-refractivity contribution in [2.24, 2.45) is 0 Å². The second-order valence-electron chi connectivity index (χ2n) is 12.7.